The topological polar surface area (TPSA) is 80.7 Å². The number of aliphatic hydroxyl groups excluding tert-OH is 1. The summed E-state index contributed by atoms with van der Waals surface area (Å²) in [5.41, 5.74) is 0. The van der Waals surface area contributed by atoms with Gasteiger partial charge in [0.2, 0.25) is 0 Å². The highest BCUT2D eigenvalue weighted by atomic mass is 16.5. The van der Waals surface area contributed by atoms with Crippen molar-refractivity contribution in [1.82, 2.24) is 0 Å². The van der Waals surface area contributed by atoms with Crippen molar-refractivity contribution in [2.75, 3.05) is 7.11 Å². The van der Waals surface area contributed by atoms with E-state index in [1.807, 2.05) is 0 Å². The first-order valence-electron chi connectivity index (χ1n) is 5.15. The average Bonchev–Trinajstić information content (AvgIpc) is 2.16. The predicted molar refractivity (Wildman–Crippen MR) is 56.7 cm³/mol. The van der Waals surface area contributed by atoms with Gasteiger partial charge in [0.15, 0.2) is 5.78 Å². The Labute approximate surface area is 94.8 Å². The monoisotopic (exact) mass is 230 g/mol. The first-order chi connectivity index (χ1) is 7.36. The van der Waals surface area contributed by atoms with E-state index in [2.05, 4.69) is 4.74 Å². The molecule has 1 N–H and O–H groups in total. The molecule has 0 fully saturated rings. The Hall–Kier alpha value is -1.23. The van der Waals surface area contributed by atoms with E-state index in [1.165, 1.54) is 7.11 Å². The lowest BCUT2D eigenvalue weighted by molar-refractivity contribution is -0.143. The molecular weight excluding hydrogens is 212 g/mol. The molecule has 1 unspecified atom stereocenters. The summed E-state index contributed by atoms with van der Waals surface area (Å²) >= 11 is 0. The molecule has 92 valence electrons. The normalized spacial score (nSPS) is 12.3. The van der Waals surface area contributed by atoms with E-state index in [-0.39, 0.29) is 31.0 Å². The predicted octanol–water partition coefficient (Wildman–Crippen LogP) is 0.485. The molecule has 0 aromatic carbocycles. The van der Waals surface area contributed by atoms with Gasteiger partial charge in [-0.3, -0.25) is 14.4 Å². The Morgan fingerprint density at radius 3 is 2.12 bits per heavy atom. The Kier molecular flexibility index (Phi) is 6.56. The van der Waals surface area contributed by atoms with Crippen LogP contribution in [0.3, 0.4) is 0 Å². The summed E-state index contributed by atoms with van der Waals surface area (Å²) in [7, 11) is 1.18. The number of Topliss-reactive ketones (excluding diaryl/α,β-unsaturated/α-hetero) is 2. The highest BCUT2D eigenvalue weighted by molar-refractivity contribution is 6.05. The van der Waals surface area contributed by atoms with Crippen molar-refractivity contribution in [1.29, 1.82) is 0 Å². The third-order valence-electron chi connectivity index (χ3n) is 2.17. The van der Waals surface area contributed by atoms with E-state index in [0.29, 0.717) is 0 Å². The molecule has 0 aromatic heterocycles. The molecule has 0 aromatic rings. The first-order valence-corrected chi connectivity index (χ1v) is 5.15. The summed E-state index contributed by atoms with van der Waals surface area (Å²) in [6.07, 6.45) is -1.50. The van der Waals surface area contributed by atoms with Crippen LogP contribution in [0.5, 0.6) is 0 Å². The number of ketones is 2. The van der Waals surface area contributed by atoms with Crippen LogP contribution in [0.4, 0.5) is 0 Å². The van der Waals surface area contributed by atoms with Crippen molar-refractivity contribution in [3.8, 4) is 0 Å². The van der Waals surface area contributed by atoms with Crippen molar-refractivity contribution in [2.24, 2.45) is 5.92 Å². The molecule has 0 spiro atoms. The summed E-state index contributed by atoms with van der Waals surface area (Å²) in [5.74, 6) is -1.51. The molecule has 0 aliphatic heterocycles. The molecule has 0 aliphatic carbocycles. The highest BCUT2D eigenvalue weighted by Gasteiger charge is 2.18. The van der Waals surface area contributed by atoms with Crippen molar-refractivity contribution < 1.29 is 24.2 Å². The summed E-state index contributed by atoms with van der Waals surface area (Å²) in [6.45, 7) is 3.57. The lowest BCUT2D eigenvalue weighted by Gasteiger charge is -2.12. The Bertz CT molecular complexity index is 270. The van der Waals surface area contributed by atoms with Crippen molar-refractivity contribution in [3.63, 3.8) is 0 Å². The van der Waals surface area contributed by atoms with Gasteiger partial charge in [-0.15, -0.1) is 0 Å². The quantitative estimate of drug-likeness (QED) is 0.508. The number of rotatable bonds is 7. The number of hydrogen-bond donors (Lipinski definition) is 1. The number of ether oxygens (including phenoxy) is 1. The van der Waals surface area contributed by atoms with E-state index in [4.69, 9.17) is 0 Å². The van der Waals surface area contributed by atoms with E-state index in [0.717, 1.165) is 0 Å². The SMILES string of the molecule is COC(=O)CC(=O)CC(=O)CC(O)C(C)C. The van der Waals surface area contributed by atoms with E-state index in [9.17, 15) is 19.5 Å². The maximum atomic E-state index is 11.3. The first kappa shape index (κ1) is 14.8. The van der Waals surface area contributed by atoms with Crippen LogP contribution in [0, 0.1) is 5.92 Å². The standard InChI is InChI=1S/C11H18O5/c1-7(2)10(14)5-8(12)4-9(13)6-11(15)16-3/h7,10,14H,4-6H2,1-3H3. The number of methoxy groups -OCH3 is 1. The maximum Gasteiger partial charge on any atom is 0.313 e. The van der Waals surface area contributed by atoms with Crippen molar-refractivity contribution in [3.05, 3.63) is 0 Å². The van der Waals surface area contributed by atoms with Crippen LogP contribution in [0.15, 0.2) is 0 Å². The number of carbonyl (C=O) groups excluding carboxylic acids is 3. The van der Waals surface area contributed by atoms with Gasteiger partial charge in [-0.25, -0.2) is 0 Å². The zero-order valence-electron chi connectivity index (χ0n) is 9.86. The fourth-order valence-electron chi connectivity index (χ4n) is 1.06. The molecular formula is C11H18O5. The van der Waals surface area contributed by atoms with Crippen molar-refractivity contribution >= 4 is 17.5 Å². The van der Waals surface area contributed by atoms with Gasteiger partial charge in [0, 0.05) is 6.42 Å². The third-order valence-corrected chi connectivity index (χ3v) is 2.17. The molecule has 0 saturated heterocycles. The number of esters is 1. The number of carbonyl (C=O) groups is 3. The molecule has 0 rings (SSSR count). The second-order valence-electron chi connectivity index (χ2n) is 4.02. The van der Waals surface area contributed by atoms with Crippen LogP contribution in [-0.2, 0) is 19.1 Å². The molecule has 0 saturated carbocycles. The minimum Gasteiger partial charge on any atom is -0.469 e. The lowest BCUT2D eigenvalue weighted by Crippen LogP contribution is -2.21. The average molecular weight is 230 g/mol. The van der Waals surface area contributed by atoms with Crippen LogP contribution in [-0.4, -0.2) is 35.9 Å². The third kappa shape index (κ3) is 6.29. The molecule has 16 heavy (non-hydrogen) atoms. The van der Waals surface area contributed by atoms with E-state index >= 15 is 0 Å². The molecule has 0 heterocycles. The zero-order valence-corrected chi connectivity index (χ0v) is 9.86. The second-order valence-corrected chi connectivity index (χ2v) is 4.02. The van der Waals surface area contributed by atoms with Gasteiger partial charge in [-0.1, -0.05) is 13.8 Å². The number of aliphatic hydroxyl groups is 1. The highest BCUT2D eigenvalue weighted by Crippen LogP contribution is 2.08. The van der Waals surface area contributed by atoms with Gasteiger partial charge in [0.1, 0.15) is 12.2 Å². The van der Waals surface area contributed by atoms with Crippen molar-refractivity contribution in [2.45, 2.75) is 39.2 Å². The molecule has 0 amide bonds. The number of hydrogen-bond acceptors (Lipinski definition) is 5. The maximum absolute atomic E-state index is 11.3. The van der Waals surface area contributed by atoms with Gasteiger partial charge in [0.05, 0.1) is 19.6 Å². The summed E-state index contributed by atoms with van der Waals surface area (Å²) in [4.78, 5) is 33.2. The van der Waals surface area contributed by atoms with Gasteiger partial charge in [-0.05, 0) is 5.92 Å². The van der Waals surface area contributed by atoms with Crippen LogP contribution in [0.2, 0.25) is 0 Å². The van der Waals surface area contributed by atoms with E-state index < -0.39 is 17.9 Å². The lowest BCUT2D eigenvalue weighted by atomic mass is 9.99. The van der Waals surface area contributed by atoms with Gasteiger partial charge in [0.25, 0.3) is 0 Å². The summed E-state index contributed by atoms with van der Waals surface area (Å²) in [6, 6.07) is 0. The van der Waals surface area contributed by atoms with Gasteiger partial charge < -0.3 is 9.84 Å². The van der Waals surface area contributed by atoms with Crippen LogP contribution < -0.4 is 0 Å². The Morgan fingerprint density at radius 2 is 1.69 bits per heavy atom. The van der Waals surface area contributed by atoms with Crippen LogP contribution in [0.1, 0.15) is 33.1 Å². The Balaban J connectivity index is 3.96. The Morgan fingerprint density at radius 1 is 1.12 bits per heavy atom. The summed E-state index contributed by atoms with van der Waals surface area (Å²) in [5, 5.41) is 9.41. The molecule has 1 atom stereocenters. The molecule has 0 radical (unpaired) electrons. The second kappa shape index (κ2) is 7.11. The van der Waals surface area contributed by atoms with E-state index in [1.54, 1.807) is 13.8 Å². The minimum atomic E-state index is -0.738. The molecule has 0 bridgehead atoms. The molecule has 0 aliphatic rings. The zero-order chi connectivity index (χ0) is 12.7. The van der Waals surface area contributed by atoms with Gasteiger partial charge >= 0.3 is 5.97 Å². The largest absolute Gasteiger partial charge is 0.469 e. The molecule has 5 heteroatoms. The minimum absolute atomic E-state index is 0.0281. The van der Waals surface area contributed by atoms with Crippen LogP contribution >= 0.6 is 0 Å². The smallest absolute Gasteiger partial charge is 0.313 e. The van der Waals surface area contributed by atoms with Crippen LogP contribution in [0.25, 0.3) is 0 Å². The molecule has 5 nitrogen and oxygen atoms in total. The fourth-order valence-corrected chi connectivity index (χ4v) is 1.06. The fraction of sp³-hybridized carbons (Fsp3) is 0.727. The summed E-state index contributed by atoms with van der Waals surface area (Å²) < 4.78 is 4.30. The van der Waals surface area contributed by atoms with Gasteiger partial charge in [-0.2, -0.15) is 0 Å².